The first-order valence-corrected chi connectivity index (χ1v) is 7.66. The highest BCUT2D eigenvalue weighted by Crippen LogP contribution is 2.33. The van der Waals surface area contributed by atoms with Gasteiger partial charge in [-0.2, -0.15) is 0 Å². The number of nitrogen functional groups attached to an aromatic ring is 1. The Balaban J connectivity index is 2.08. The van der Waals surface area contributed by atoms with E-state index in [2.05, 4.69) is 9.97 Å². The van der Waals surface area contributed by atoms with Gasteiger partial charge in [0.15, 0.2) is 11.5 Å². The molecule has 0 aliphatic carbocycles. The summed E-state index contributed by atoms with van der Waals surface area (Å²) in [6, 6.07) is 15.1. The molecule has 3 rings (SSSR count). The van der Waals surface area contributed by atoms with Gasteiger partial charge in [0.2, 0.25) is 5.95 Å². The second kappa shape index (κ2) is 7.09. The highest BCUT2D eigenvalue weighted by Gasteiger charge is 2.11. The number of nitrogens with two attached hydrogens (primary N) is 1. The summed E-state index contributed by atoms with van der Waals surface area (Å²) in [7, 11) is 4.82. The maximum Gasteiger partial charge on any atom is 0.221 e. The van der Waals surface area contributed by atoms with Crippen LogP contribution in [0.4, 0.5) is 5.95 Å². The number of nitrogens with zero attached hydrogens (tertiary/aromatic N) is 2. The predicted molar refractivity (Wildman–Crippen MR) is 97.0 cm³/mol. The smallest absolute Gasteiger partial charge is 0.221 e. The molecule has 1 aromatic heterocycles. The topological polar surface area (TPSA) is 79.5 Å². The molecule has 0 amide bonds. The molecule has 0 atom stereocenters. The number of methoxy groups -OCH3 is 3. The third-order valence-corrected chi connectivity index (χ3v) is 3.79. The maximum atomic E-state index is 5.92. The molecule has 0 radical (unpaired) electrons. The molecule has 2 N–H and O–H groups in total. The first-order chi connectivity index (χ1) is 12.1. The molecule has 25 heavy (non-hydrogen) atoms. The summed E-state index contributed by atoms with van der Waals surface area (Å²) in [5.74, 6) is 2.23. The van der Waals surface area contributed by atoms with Crippen molar-refractivity contribution in [2.45, 2.75) is 0 Å². The Morgan fingerprint density at radius 3 is 2.04 bits per heavy atom. The summed E-state index contributed by atoms with van der Waals surface area (Å²) in [6.07, 6.45) is 0. The first kappa shape index (κ1) is 16.6. The number of rotatable bonds is 5. The fourth-order valence-electron chi connectivity index (χ4n) is 2.54. The van der Waals surface area contributed by atoms with Crippen LogP contribution in [0.5, 0.6) is 17.2 Å². The van der Waals surface area contributed by atoms with Crippen LogP contribution >= 0.6 is 0 Å². The third-order valence-electron chi connectivity index (χ3n) is 3.79. The Morgan fingerprint density at radius 1 is 0.720 bits per heavy atom. The monoisotopic (exact) mass is 337 g/mol. The van der Waals surface area contributed by atoms with Crippen LogP contribution in [-0.4, -0.2) is 31.3 Å². The van der Waals surface area contributed by atoms with E-state index in [-0.39, 0.29) is 5.95 Å². The minimum Gasteiger partial charge on any atom is -0.497 e. The van der Waals surface area contributed by atoms with Gasteiger partial charge in [0.1, 0.15) is 5.75 Å². The average Bonchev–Trinajstić information content (AvgIpc) is 2.67. The number of ether oxygens (including phenoxy) is 3. The summed E-state index contributed by atoms with van der Waals surface area (Å²) >= 11 is 0. The van der Waals surface area contributed by atoms with Gasteiger partial charge >= 0.3 is 0 Å². The molecule has 0 saturated heterocycles. The lowest BCUT2D eigenvalue weighted by Crippen LogP contribution is -1.99. The molecular weight excluding hydrogens is 318 g/mol. The largest absolute Gasteiger partial charge is 0.497 e. The molecule has 0 aliphatic rings. The standard InChI is InChI=1S/C19H19N3O3/c1-23-14-6-4-5-12(9-14)15-11-16(22-19(20)21-15)13-7-8-17(24-2)18(10-13)25-3/h4-11H,1-3H3,(H2,20,21,22). The van der Waals surface area contributed by atoms with E-state index in [1.165, 1.54) is 0 Å². The predicted octanol–water partition coefficient (Wildman–Crippen LogP) is 3.42. The summed E-state index contributed by atoms with van der Waals surface area (Å²) < 4.78 is 15.9. The number of aromatic nitrogens is 2. The van der Waals surface area contributed by atoms with Gasteiger partial charge in [0.25, 0.3) is 0 Å². The van der Waals surface area contributed by atoms with E-state index in [1.54, 1.807) is 21.3 Å². The van der Waals surface area contributed by atoms with Crippen LogP contribution in [0.2, 0.25) is 0 Å². The van der Waals surface area contributed by atoms with Gasteiger partial charge in [0, 0.05) is 11.1 Å². The van der Waals surface area contributed by atoms with Gasteiger partial charge in [-0.25, -0.2) is 9.97 Å². The zero-order valence-corrected chi connectivity index (χ0v) is 14.3. The summed E-state index contributed by atoms with van der Waals surface area (Å²) in [4.78, 5) is 8.68. The molecule has 0 bridgehead atoms. The average molecular weight is 337 g/mol. The van der Waals surface area contributed by atoms with Crippen molar-refractivity contribution >= 4 is 5.95 Å². The second-order valence-electron chi connectivity index (χ2n) is 5.30. The van der Waals surface area contributed by atoms with Crippen LogP contribution < -0.4 is 19.9 Å². The molecule has 0 spiro atoms. The van der Waals surface area contributed by atoms with Crippen LogP contribution in [0.3, 0.4) is 0 Å². The summed E-state index contributed by atoms with van der Waals surface area (Å²) in [5, 5.41) is 0. The highest BCUT2D eigenvalue weighted by atomic mass is 16.5. The molecule has 0 aliphatic heterocycles. The van der Waals surface area contributed by atoms with Gasteiger partial charge in [-0.15, -0.1) is 0 Å². The van der Waals surface area contributed by atoms with Crippen molar-refractivity contribution in [3.05, 3.63) is 48.5 Å². The van der Waals surface area contributed by atoms with Gasteiger partial charge in [0.05, 0.1) is 32.7 Å². The van der Waals surface area contributed by atoms with Crippen LogP contribution in [0.1, 0.15) is 0 Å². The molecule has 128 valence electrons. The van der Waals surface area contributed by atoms with Crippen molar-refractivity contribution in [3.8, 4) is 39.8 Å². The van der Waals surface area contributed by atoms with Crippen LogP contribution in [0.15, 0.2) is 48.5 Å². The van der Waals surface area contributed by atoms with E-state index in [1.807, 2.05) is 48.5 Å². The Morgan fingerprint density at radius 2 is 1.40 bits per heavy atom. The van der Waals surface area contributed by atoms with E-state index in [4.69, 9.17) is 19.9 Å². The van der Waals surface area contributed by atoms with E-state index in [0.717, 1.165) is 22.6 Å². The van der Waals surface area contributed by atoms with Gasteiger partial charge in [-0.05, 0) is 36.4 Å². The Bertz CT molecular complexity index is 897. The van der Waals surface area contributed by atoms with Crippen LogP contribution in [-0.2, 0) is 0 Å². The second-order valence-corrected chi connectivity index (χ2v) is 5.30. The quantitative estimate of drug-likeness (QED) is 0.768. The normalized spacial score (nSPS) is 10.4. The molecule has 6 nitrogen and oxygen atoms in total. The van der Waals surface area contributed by atoms with Crippen molar-refractivity contribution in [3.63, 3.8) is 0 Å². The van der Waals surface area contributed by atoms with Crippen molar-refractivity contribution in [2.24, 2.45) is 0 Å². The van der Waals surface area contributed by atoms with Gasteiger partial charge in [-0.1, -0.05) is 12.1 Å². The zero-order chi connectivity index (χ0) is 17.8. The molecule has 0 saturated carbocycles. The lowest BCUT2D eigenvalue weighted by Gasteiger charge is -2.11. The highest BCUT2D eigenvalue weighted by molar-refractivity contribution is 5.71. The van der Waals surface area contributed by atoms with Crippen molar-refractivity contribution in [2.75, 3.05) is 27.1 Å². The molecule has 6 heteroatoms. The zero-order valence-electron chi connectivity index (χ0n) is 14.3. The van der Waals surface area contributed by atoms with Crippen molar-refractivity contribution in [1.82, 2.24) is 9.97 Å². The van der Waals surface area contributed by atoms with Crippen molar-refractivity contribution in [1.29, 1.82) is 0 Å². The lowest BCUT2D eigenvalue weighted by atomic mass is 10.1. The molecule has 2 aromatic carbocycles. The van der Waals surface area contributed by atoms with E-state index in [9.17, 15) is 0 Å². The minimum atomic E-state index is 0.199. The fourth-order valence-corrected chi connectivity index (χ4v) is 2.54. The maximum absolute atomic E-state index is 5.92. The molecule has 3 aromatic rings. The number of hydrogen-bond donors (Lipinski definition) is 1. The van der Waals surface area contributed by atoms with E-state index in [0.29, 0.717) is 17.2 Å². The SMILES string of the molecule is COc1cccc(-c2cc(-c3ccc(OC)c(OC)c3)nc(N)n2)c1. The number of benzene rings is 2. The fraction of sp³-hybridized carbons (Fsp3) is 0.158. The number of hydrogen-bond acceptors (Lipinski definition) is 6. The number of anilines is 1. The Hall–Kier alpha value is -3.28. The molecular formula is C19H19N3O3. The van der Waals surface area contributed by atoms with Crippen LogP contribution in [0.25, 0.3) is 22.5 Å². The van der Waals surface area contributed by atoms with Gasteiger partial charge in [-0.3, -0.25) is 0 Å². The molecule has 1 heterocycles. The van der Waals surface area contributed by atoms with Crippen LogP contribution in [0, 0.1) is 0 Å². The van der Waals surface area contributed by atoms with Gasteiger partial charge < -0.3 is 19.9 Å². The van der Waals surface area contributed by atoms with E-state index >= 15 is 0 Å². The Kier molecular flexibility index (Phi) is 4.70. The lowest BCUT2D eigenvalue weighted by molar-refractivity contribution is 0.355. The minimum absolute atomic E-state index is 0.199. The Labute approximate surface area is 146 Å². The van der Waals surface area contributed by atoms with Crippen molar-refractivity contribution < 1.29 is 14.2 Å². The van der Waals surface area contributed by atoms with E-state index < -0.39 is 0 Å². The summed E-state index contributed by atoms with van der Waals surface area (Å²) in [5.41, 5.74) is 9.10. The third kappa shape index (κ3) is 3.47. The summed E-state index contributed by atoms with van der Waals surface area (Å²) in [6.45, 7) is 0. The molecule has 0 unspecified atom stereocenters. The first-order valence-electron chi connectivity index (χ1n) is 7.66. The molecule has 0 fully saturated rings.